The third-order valence-electron chi connectivity index (χ3n) is 5.84. The van der Waals surface area contributed by atoms with Gasteiger partial charge in [-0.3, -0.25) is 0 Å². The van der Waals surface area contributed by atoms with Gasteiger partial charge in [-0.25, -0.2) is 9.78 Å². The lowest BCUT2D eigenvalue weighted by atomic mass is 9.95. The number of rotatable bonds is 10. The van der Waals surface area contributed by atoms with Gasteiger partial charge >= 0.3 is 5.97 Å². The number of imidazole rings is 1. The molecule has 0 saturated carbocycles. The number of benzene rings is 3. The van der Waals surface area contributed by atoms with E-state index in [9.17, 15) is 4.79 Å². The van der Waals surface area contributed by atoms with Crippen LogP contribution in [0.5, 0.6) is 11.5 Å². The molecule has 1 atom stereocenters. The van der Waals surface area contributed by atoms with Crippen LogP contribution in [0.1, 0.15) is 55.0 Å². The van der Waals surface area contributed by atoms with E-state index in [1.807, 2.05) is 72.8 Å². The first-order valence-corrected chi connectivity index (χ1v) is 12.5. The zero-order valence-electron chi connectivity index (χ0n) is 21.9. The van der Waals surface area contributed by atoms with Crippen LogP contribution in [0.4, 0.5) is 0 Å². The van der Waals surface area contributed by atoms with E-state index >= 15 is 0 Å². The average molecular weight is 499 g/mol. The van der Waals surface area contributed by atoms with Crippen molar-refractivity contribution in [2.75, 3.05) is 20.3 Å². The Hall–Kier alpha value is -3.90. The molecule has 192 valence electrons. The third-order valence-corrected chi connectivity index (χ3v) is 5.84. The summed E-state index contributed by atoms with van der Waals surface area (Å²) in [6.45, 7) is 7.70. The first-order valence-electron chi connectivity index (χ1n) is 12.5. The van der Waals surface area contributed by atoms with Crippen LogP contribution in [0.25, 0.3) is 11.3 Å². The molecule has 0 fully saturated rings. The van der Waals surface area contributed by atoms with E-state index in [4.69, 9.17) is 19.2 Å². The van der Waals surface area contributed by atoms with E-state index in [-0.39, 0.29) is 11.3 Å². The summed E-state index contributed by atoms with van der Waals surface area (Å²) in [6, 6.07) is 27.3. The largest absolute Gasteiger partial charge is 0.464 e. The zero-order chi connectivity index (χ0) is 26.3. The maximum Gasteiger partial charge on any atom is 0.356 e. The summed E-state index contributed by atoms with van der Waals surface area (Å²) in [5.74, 6) is 1.62. The summed E-state index contributed by atoms with van der Waals surface area (Å²) in [6.07, 6.45) is 0.720. The van der Waals surface area contributed by atoms with E-state index in [0.717, 1.165) is 23.3 Å². The molecule has 1 N–H and O–H groups in total. The Morgan fingerprint density at radius 2 is 1.51 bits per heavy atom. The molecule has 6 heteroatoms. The van der Waals surface area contributed by atoms with Crippen LogP contribution in [-0.4, -0.2) is 36.3 Å². The fraction of sp³-hybridized carbons (Fsp3) is 0.290. The Balaban J connectivity index is 1.63. The number of carbonyl (C=O) groups is 1. The van der Waals surface area contributed by atoms with Gasteiger partial charge in [-0.1, -0.05) is 69.3 Å². The second-order valence-corrected chi connectivity index (χ2v) is 10.1. The molecule has 0 radical (unpaired) electrons. The van der Waals surface area contributed by atoms with Gasteiger partial charge < -0.3 is 19.2 Å². The summed E-state index contributed by atoms with van der Waals surface area (Å²) in [4.78, 5) is 20.9. The van der Waals surface area contributed by atoms with Gasteiger partial charge in [0.2, 0.25) is 0 Å². The van der Waals surface area contributed by atoms with E-state index in [1.165, 1.54) is 7.11 Å². The molecule has 1 unspecified atom stereocenters. The number of hydrogen-bond donors (Lipinski definition) is 1. The van der Waals surface area contributed by atoms with E-state index in [2.05, 4.69) is 37.9 Å². The molecule has 0 saturated heterocycles. The average Bonchev–Trinajstić information content (AvgIpc) is 3.34. The van der Waals surface area contributed by atoms with E-state index in [0.29, 0.717) is 36.2 Å². The van der Waals surface area contributed by atoms with Crippen molar-refractivity contribution < 1.29 is 19.0 Å². The van der Waals surface area contributed by atoms with Crippen molar-refractivity contribution in [3.8, 4) is 22.8 Å². The summed E-state index contributed by atoms with van der Waals surface area (Å²) in [7, 11) is 1.37. The second kappa shape index (κ2) is 11.9. The molecule has 0 spiro atoms. The molecule has 0 bridgehead atoms. The highest BCUT2D eigenvalue weighted by Gasteiger charge is 2.25. The van der Waals surface area contributed by atoms with E-state index in [1.54, 1.807) is 0 Å². The van der Waals surface area contributed by atoms with Crippen molar-refractivity contribution in [2.24, 2.45) is 5.41 Å². The molecule has 4 aromatic rings. The highest BCUT2D eigenvalue weighted by molar-refractivity contribution is 5.94. The number of H-pyrrole nitrogens is 1. The Morgan fingerprint density at radius 3 is 2.14 bits per heavy atom. The van der Waals surface area contributed by atoms with Crippen LogP contribution in [0.3, 0.4) is 0 Å². The Morgan fingerprint density at radius 1 is 0.892 bits per heavy atom. The number of para-hydroxylation sites is 1. The van der Waals surface area contributed by atoms with Gasteiger partial charge in [0, 0.05) is 18.1 Å². The predicted octanol–water partition coefficient (Wildman–Crippen LogP) is 7.24. The quantitative estimate of drug-likeness (QED) is 0.184. The van der Waals surface area contributed by atoms with Gasteiger partial charge in [-0.2, -0.15) is 0 Å². The van der Waals surface area contributed by atoms with Crippen LogP contribution in [0, 0.1) is 5.41 Å². The second-order valence-electron chi connectivity index (χ2n) is 10.1. The van der Waals surface area contributed by atoms with E-state index < -0.39 is 5.97 Å². The summed E-state index contributed by atoms with van der Waals surface area (Å²) in [5.41, 5.74) is 2.86. The maximum atomic E-state index is 12.7. The summed E-state index contributed by atoms with van der Waals surface area (Å²) >= 11 is 0. The SMILES string of the molecule is COC(=O)c1[nH]c(C(CCOCC(C)(C)C)c2ccccc2)nc1-c1ccc(Oc2ccccc2)cc1. The van der Waals surface area contributed by atoms with Crippen molar-refractivity contribution in [2.45, 2.75) is 33.1 Å². The van der Waals surface area contributed by atoms with Crippen LogP contribution < -0.4 is 4.74 Å². The molecule has 37 heavy (non-hydrogen) atoms. The lowest BCUT2D eigenvalue weighted by Gasteiger charge is -2.20. The van der Waals surface area contributed by atoms with Crippen molar-refractivity contribution in [1.82, 2.24) is 9.97 Å². The van der Waals surface area contributed by atoms with Crippen molar-refractivity contribution in [1.29, 1.82) is 0 Å². The standard InChI is InChI=1S/C31H34N2O4/c1-31(2,3)21-36-20-19-26(22-11-7-5-8-12-22)29-32-27(28(33-29)30(34)35-4)23-15-17-25(18-16-23)37-24-13-9-6-10-14-24/h5-18,26H,19-21H2,1-4H3,(H,32,33). The molecule has 1 heterocycles. The van der Waals surface area contributed by atoms with Crippen LogP contribution in [0.15, 0.2) is 84.9 Å². The number of ether oxygens (including phenoxy) is 3. The third kappa shape index (κ3) is 7.08. The Labute approximate surface area is 218 Å². The van der Waals surface area contributed by atoms with Crippen LogP contribution in [-0.2, 0) is 9.47 Å². The fourth-order valence-electron chi connectivity index (χ4n) is 4.05. The lowest BCUT2D eigenvalue weighted by Crippen LogP contribution is -2.16. The highest BCUT2D eigenvalue weighted by atomic mass is 16.5. The fourth-order valence-corrected chi connectivity index (χ4v) is 4.05. The zero-order valence-corrected chi connectivity index (χ0v) is 21.9. The first kappa shape index (κ1) is 26.2. The Kier molecular flexibility index (Phi) is 8.41. The van der Waals surface area contributed by atoms with Gasteiger partial charge in [0.15, 0.2) is 5.69 Å². The van der Waals surface area contributed by atoms with Gasteiger partial charge in [0.05, 0.1) is 13.7 Å². The summed E-state index contributed by atoms with van der Waals surface area (Å²) in [5, 5.41) is 0. The molecule has 0 amide bonds. The van der Waals surface area contributed by atoms with Gasteiger partial charge in [-0.15, -0.1) is 0 Å². The monoisotopic (exact) mass is 498 g/mol. The molecule has 0 aliphatic rings. The minimum Gasteiger partial charge on any atom is -0.464 e. The first-order chi connectivity index (χ1) is 17.8. The number of aromatic amines is 1. The lowest BCUT2D eigenvalue weighted by molar-refractivity contribution is 0.0595. The van der Waals surface area contributed by atoms with Crippen molar-refractivity contribution >= 4 is 5.97 Å². The molecule has 0 aliphatic carbocycles. The van der Waals surface area contributed by atoms with Crippen molar-refractivity contribution in [3.05, 3.63) is 102 Å². The minimum absolute atomic E-state index is 0.0704. The van der Waals surface area contributed by atoms with Gasteiger partial charge in [0.1, 0.15) is 23.0 Å². The number of esters is 1. The number of carbonyl (C=O) groups excluding carboxylic acids is 1. The van der Waals surface area contributed by atoms with Crippen LogP contribution in [0.2, 0.25) is 0 Å². The number of nitrogens with one attached hydrogen (secondary N) is 1. The van der Waals surface area contributed by atoms with Gasteiger partial charge in [0.25, 0.3) is 0 Å². The van der Waals surface area contributed by atoms with Crippen LogP contribution >= 0.6 is 0 Å². The smallest absolute Gasteiger partial charge is 0.356 e. The molecule has 0 aliphatic heterocycles. The van der Waals surface area contributed by atoms with Gasteiger partial charge in [-0.05, 0) is 53.8 Å². The minimum atomic E-state index is -0.464. The van der Waals surface area contributed by atoms with Crippen molar-refractivity contribution in [3.63, 3.8) is 0 Å². The molecule has 6 nitrogen and oxygen atoms in total. The molecule has 3 aromatic carbocycles. The maximum absolute atomic E-state index is 12.7. The molecule has 1 aromatic heterocycles. The predicted molar refractivity (Wildman–Crippen MR) is 145 cm³/mol. The molecular weight excluding hydrogens is 464 g/mol. The number of methoxy groups -OCH3 is 1. The topological polar surface area (TPSA) is 73.4 Å². The molecular formula is C31H34N2O4. The number of aromatic nitrogens is 2. The summed E-state index contributed by atoms with van der Waals surface area (Å²) < 4.78 is 17.0. The number of hydrogen-bond acceptors (Lipinski definition) is 5. The normalized spacial score (nSPS) is 12.2. The molecule has 4 rings (SSSR count). The number of nitrogens with zero attached hydrogens (tertiary/aromatic N) is 1. The highest BCUT2D eigenvalue weighted by Crippen LogP contribution is 2.32. The Bertz CT molecular complexity index is 1280.